The highest BCUT2D eigenvalue weighted by Gasteiger charge is 2.75. The first-order valence-corrected chi connectivity index (χ1v) is 21.9. The van der Waals surface area contributed by atoms with Gasteiger partial charge in [0, 0.05) is 35.2 Å². The van der Waals surface area contributed by atoms with Crippen molar-refractivity contribution in [2.24, 2.45) is 81.8 Å². The van der Waals surface area contributed by atoms with E-state index in [4.69, 9.17) is 28.4 Å². The zero-order chi connectivity index (χ0) is 40.3. The lowest BCUT2D eigenvalue weighted by molar-refractivity contribution is -0.301. The molecule has 9 aliphatic rings. The van der Waals surface area contributed by atoms with Gasteiger partial charge in [-0.1, -0.05) is 33.8 Å². The first-order valence-electron chi connectivity index (χ1n) is 21.9. The second-order valence-corrected chi connectivity index (χ2v) is 20.3. The number of hydrogen-bond donors (Lipinski definition) is 0. The number of carbonyl (C=O) groups is 6. The van der Waals surface area contributed by atoms with Crippen LogP contribution in [0.25, 0.3) is 0 Å². The van der Waals surface area contributed by atoms with Crippen LogP contribution in [0.4, 0.5) is 0 Å². The fraction of sp³-hybridized carbons (Fsp3) is 0.822. The van der Waals surface area contributed by atoms with Crippen molar-refractivity contribution in [1.82, 2.24) is 0 Å². The van der Waals surface area contributed by atoms with Gasteiger partial charge < -0.3 is 28.4 Å². The third kappa shape index (κ3) is 6.09. The molecule has 18 atom stereocenters. The van der Waals surface area contributed by atoms with Crippen LogP contribution in [0.2, 0.25) is 0 Å². The van der Waals surface area contributed by atoms with Gasteiger partial charge in [0.25, 0.3) is 0 Å². The Morgan fingerprint density at radius 1 is 0.789 bits per heavy atom. The summed E-state index contributed by atoms with van der Waals surface area (Å²) in [7, 11) is 0. The first kappa shape index (κ1) is 39.0. The fourth-order valence-corrected chi connectivity index (χ4v) is 14.8. The molecule has 0 aromatic carbocycles. The van der Waals surface area contributed by atoms with E-state index in [1.165, 1.54) is 19.3 Å². The Kier molecular flexibility index (Phi) is 9.46. The lowest BCUT2D eigenvalue weighted by Gasteiger charge is -2.72. The summed E-state index contributed by atoms with van der Waals surface area (Å²) in [6.45, 7) is 12.2. The Labute approximate surface area is 335 Å². The molecular weight excluding hydrogens is 732 g/mol. The number of hydrogen-bond acceptors (Lipinski definition) is 12. The lowest BCUT2D eigenvalue weighted by atomic mass is 9.35. The summed E-state index contributed by atoms with van der Waals surface area (Å²) in [5.41, 5.74) is -0.944. The molecule has 0 N–H and O–H groups in total. The van der Waals surface area contributed by atoms with Gasteiger partial charge in [-0.2, -0.15) is 0 Å². The van der Waals surface area contributed by atoms with Crippen LogP contribution in [0.15, 0.2) is 12.2 Å². The minimum Gasteiger partial charge on any atom is -0.460 e. The topological polar surface area (TPSA) is 158 Å². The molecule has 18 unspecified atom stereocenters. The van der Waals surface area contributed by atoms with E-state index in [1.54, 1.807) is 13.8 Å². The van der Waals surface area contributed by atoms with Crippen molar-refractivity contribution >= 4 is 35.8 Å². The van der Waals surface area contributed by atoms with Crippen LogP contribution in [-0.4, -0.2) is 72.9 Å². The van der Waals surface area contributed by atoms with E-state index in [-0.39, 0.29) is 30.0 Å². The molecule has 0 aliphatic heterocycles. The molecule has 9 saturated carbocycles. The van der Waals surface area contributed by atoms with Gasteiger partial charge >= 0.3 is 35.8 Å². The second-order valence-electron chi connectivity index (χ2n) is 20.3. The third-order valence-corrected chi connectivity index (χ3v) is 17.3. The summed E-state index contributed by atoms with van der Waals surface area (Å²) < 4.78 is 34.3. The van der Waals surface area contributed by atoms with Crippen LogP contribution in [0.5, 0.6) is 0 Å². The van der Waals surface area contributed by atoms with Crippen LogP contribution in [0.3, 0.4) is 0 Å². The highest BCUT2D eigenvalue weighted by molar-refractivity contribution is 5.88. The van der Waals surface area contributed by atoms with Crippen molar-refractivity contribution in [2.75, 3.05) is 13.2 Å². The summed E-state index contributed by atoms with van der Waals surface area (Å²) in [4.78, 5) is 79.5. The van der Waals surface area contributed by atoms with Crippen LogP contribution >= 0.6 is 0 Å². The Morgan fingerprint density at radius 3 is 2.28 bits per heavy atom. The molecule has 9 rings (SSSR count). The number of rotatable bonds is 15. The van der Waals surface area contributed by atoms with Crippen LogP contribution < -0.4 is 0 Å². The number of ether oxygens (including phenoxy) is 6. The minimum absolute atomic E-state index is 0.0391. The van der Waals surface area contributed by atoms with Gasteiger partial charge in [-0.05, 0) is 125 Å². The van der Waals surface area contributed by atoms with Gasteiger partial charge in [-0.25, -0.2) is 19.2 Å². The van der Waals surface area contributed by atoms with Crippen molar-refractivity contribution in [1.29, 1.82) is 0 Å². The van der Waals surface area contributed by atoms with E-state index in [2.05, 4.69) is 20.4 Å². The Morgan fingerprint density at radius 2 is 1.54 bits per heavy atom. The maximum Gasteiger partial charge on any atom is 0.348 e. The molecule has 57 heavy (non-hydrogen) atoms. The van der Waals surface area contributed by atoms with Crippen molar-refractivity contribution in [2.45, 2.75) is 136 Å². The molecule has 1 spiro atoms. The average Bonchev–Trinajstić information content (AvgIpc) is 3.80. The highest BCUT2D eigenvalue weighted by Crippen LogP contribution is 2.79. The van der Waals surface area contributed by atoms with E-state index in [0.717, 1.165) is 32.1 Å². The number of esters is 6. The monoisotopic (exact) mass is 792 g/mol. The summed E-state index contributed by atoms with van der Waals surface area (Å²) in [6.07, 6.45) is 7.04. The summed E-state index contributed by atoms with van der Waals surface area (Å²) in [6, 6.07) is 0. The first-order chi connectivity index (χ1) is 27.1. The molecule has 0 saturated heterocycles. The van der Waals surface area contributed by atoms with Gasteiger partial charge in [-0.3, -0.25) is 9.59 Å². The van der Waals surface area contributed by atoms with Gasteiger partial charge in [-0.15, -0.1) is 0 Å². The van der Waals surface area contributed by atoms with Crippen LogP contribution in [-0.2, 0) is 57.2 Å². The molecule has 9 fully saturated rings. The molecule has 0 amide bonds. The molecular formula is C45H60O12. The largest absolute Gasteiger partial charge is 0.460 e. The third-order valence-electron chi connectivity index (χ3n) is 17.3. The van der Waals surface area contributed by atoms with E-state index < -0.39 is 72.6 Å². The standard InChI is InChI=1S/C45H60O12/c1-7-23-16-44-17-26(44)13-31(38(23)44)54-34(47)19-52-33(46)14-32(41(50)53-20-35(48)57-45(8-2)29-10-22(5)9-24-12-30(45)37(24)29)55-42(51)43(6)15-25-11-27-36(25)28(18-43)39(27)56-40(49)21(3)4/h22-32,36-39H,3,7-20H2,1-2,4-6H3. The van der Waals surface area contributed by atoms with Gasteiger partial charge in [0.1, 0.15) is 17.8 Å². The SMILES string of the molecule is C=C(C)C(=O)OC1C2CC3CC(C)(C(=O)OC(CC(=O)OCC(=O)OC4CC5CC56CC(CC)C46)C(=O)OCC(=O)OC4(CC)C5CC(C)CC6CC4C65)CC1C32. The maximum absolute atomic E-state index is 14.0. The summed E-state index contributed by atoms with van der Waals surface area (Å²) in [5, 5.41) is 0. The van der Waals surface area contributed by atoms with Crippen molar-refractivity contribution in [3.63, 3.8) is 0 Å². The predicted molar refractivity (Wildman–Crippen MR) is 200 cm³/mol. The Balaban J connectivity index is 0.830. The molecule has 12 nitrogen and oxygen atoms in total. The Bertz CT molecular complexity index is 1760. The molecule has 312 valence electrons. The zero-order valence-corrected chi connectivity index (χ0v) is 34.2. The summed E-state index contributed by atoms with van der Waals surface area (Å²) >= 11 is 0. The van der Waals surface area contributed by atoms with E-state index >= 15 is 0 Å². The Hall–Kier alpha value is -3.44. The molecule has 0 aromatic heterocycles. The minimum atomic E-state index is -1.72. The molecule has 0 aromatic rings. The molecule has 0 heterocycles. The number of carbonyl (C=O) groups excluding carboxylic acids is 6. The van der Waals surface area contributed by atoms with E-state index in [0.29, 0.717) is 83.5 Å². The average molecular weight is 793 g/mol. The van der Waals surface area contributed by atoms with Gasteiger partial charge in [0.2, 0.25) is 6.10 Å². The normalized spacial score (nSPS) is 46.0. The fourth-order valence-electron chi connectivity index (χ4n) is 14.8. The molecule has 0 radical (unpaired) electrons. The summed E-state index contributed by atoms with van der Waals surface area (Å²) in [5.74, 6) is 0.326. The lowest BCUT2D eigenvalue weighted by Crippen LogP contribution is -2.73. The zero-order valence-electron chi connectivity index (χ0n) is 34.2. The highest BCUT2D eigenvalue weighted by atomic mass is 16.6. The molecule has 0 bridgehead atoms. The quantitative estimate of drug-likeness (QED) is 0.110. The molecule has 9 aliphatic carbocycles. The maximum atomic E-state index is 14.0. The predicted octanol–water partition coefficient (Wildman–Crippen LogP) is 5.92. The van der Waals surface area contributed by atoms with Crippen LogP contribution in [0.1, 0.15) is 112 Å². The smallest absolute Gasteiger partial charge is 0.348 e. The molecule has 12 heteroatoms. The van der Waals surface area contributed by atoms with Gasteiger partial charge in [0.05, 0.1) is 11.8 Å². The van der Waals surface area contributed by atoms with Crippen molar-refractivity contribution < 1.29 is 57.2 Å². The van der Waals surface area contributed by atoms with Crippen molar-refractivity contribution in [3.8, 4) is 0 Å². The van der Waals surface area contributed by atoms with Crippen molar-refractivity contribution in [3.05, 3.63) is 12.2 Å². The van der Waals surface area contributed by atoms with Gasteiger partial charge in [0.15, 0.2) is 13.2 Å². The van der Waals surface area contributed by atoms with E-state index in [9.17, 15) is 28.8 Å². The van der Waals surface area contributed by atoms with E-state index in [1.807, 2.05) is 6.92 Å². The second kappa shape index (κ2) is 13.8. The van der Waals surface area contributed by atoms with Crippen LogP contribution in [0, 0.1) is 81.8 Å².